The van der Waals surface area contributed by atoms with Gasteiger partial charge in [0, 0.05) is 25.0 Å². The maximum atomic E-state index is 10.00. The van der Waals surface area contributed by atoms with Gasteiger partial charge in [0.2, 0.25) is 0 Å². The molecule has 3 nitrogen and oxygen atoms in total. The second kappa shape index (κ2) is 5.80. The fourth-order valence-corrected chi connectivity index (χ4v) is 2.70. The molecule has 2 rings (SSSR count). The Morgan fingerprint density at radius 1 is 1.47 bits per heavy atom. The van der Waals surface area contributed by atoms with E-state index in [9.17, 15) is 5.11 Å². The summed E-state index contributed by atoms with van der Waals surface area (Å²) < 4.78 is 0. The maximum absolute atomic E-state index is 10.00. The van der Waals surface area contributed by atoms with Crippen molar-refractivity contribution in [1.29, 1.82) is 0 Å². The van der Waals surface area contributed by atoms with E-state index in [0.717, 1.165) is 31.4 Å². The monoisotopic (exact) mass is 254 g/mol. The first-order valence-electron chi connectivity index (χ1n) is 6.15. The third-order valence-corrected chi connectivity index (χ3v) is 3.88. The molecule has 0 aromatic carbocycles. The van der Waals surface area contributed by atoms with Gasteiger partial charge in [0.25, 0.3) is 0 Å². The summed E-state index contributed by atoms with van der Waals surface area (Å²) in [5.74, 6) is 0. The number of hydrogen-bond donors (Lipinski definition) is 1. The third kappa shape index (κ3) is 3.18. The van der Waals surface area contributed by atoms with Gasteiger partial charge in [0.1, 0.15) is 0 Å². The van der Waals surface area contributed by atoms with Gasteiger partial charge < -0.3 is 5.11 Å². The molecule has 2 unspecified atom stereocenters. The summed E-state index contributed by atoms with van der Waals surface area (Å²) in [6, 6.07) is 2.20. The smallest absolute Gasteiger partial charge is 0.0695 e. The van der Waals surface area contributed by atoms with E-state index in [0.29, 0.717) is 5.02 Å². The number of nitrogens with zero attached hydrogens (tertiary/aromatic N) is 2. The Morgan fingerprint density at radius 3 is 2.94 bits per heavy atom. The topological polar surface area (TPSA) is 36.4 Å². The Labute approximate surface area is 107 Å². The van der Waals surface area contributed by atoms with Crippen LogP contribution in [0.4, 0.5) is 0 Å². The van der Waals surface area contributed by atoms with Gasteiger partial charge in [-0.25, -0.2) is 0 Å². The second-order valence-electron chi connectivity index (χ2n) is 4.80. The van der Waals surface area contributed by atoms with Gasteiger partial charge in [-0.05, 0) is 31.5 Å². The Balaban J connectivity index is 2.01. The molecule has 1 aromatic rings. The van der Waals surface area contributed by atoms with E-state index >= 15 is 0 Å². The lowest BCUT2D eigenvalue weighted by Gasteiger charge is -2.35. The van der Waals surface area contributed by atoms with Crippen molar-refractivity contribution >= 4 is 11.6 Å². The molecule has 94 valence electrons. The van der Waals surface area contributed by atoms with Gasteiger partial charge in [-0.1, -0.05) is 24.4 Å². The number of hydrogen-bond acceptors (Lipinski definition) is 3. The summed E-state index contributed by atoms with van der Waals surface area (Å²) in [6.45, 7) is 0.767. The molecule has 0 aliphatic heterocycles. The molecule has 0 spiro atoms. The van der Waals surface area contributed by atoms with Crippen molar-refractivity contribution in [3.8, 4) is 0 Å². The highest BCUT2D eigenvalue weighted by Gasteiger charge is 2.26. The van der Waals surface area contributed by atoms with Crippen molar-refractivity contribution in [2.75, 3.05) is 7.05 Å². The minimum Gasteiger partial charge on any atom is -0.391 e. The van der Waals surface area contributed by atoms with Crippen LogP contribution < -0.4 is 0 Å². The molecule has 1 saturated carbocycles. The van der Waals surface area contributed by atoms with Crippen LogP contribution in [0.1, 0.15) is 31.2 Å². The van der Waals surface area contributed by atoms with E-state index in [1.807, 2.05) is 6.07 Å². The van der Waals surface area contributed by atoms with Gasteiger partial charge in [0.05, 0.1) is 11.1 Å². The normalized spacial score (nSPS) is 25.2. The van der Waals surface area contributed by atoms with Crippen molar-refractivity contribution in [1.82, 2.24) is 9.88 Å². The fourth-order valence-electron chi connectivity index (χ4n) is 2.52. The van der Waals surface area contributed by atoms with Crippen LogP contribution >= 0.6 is 11.6 Å². The van der Waals surface area contributed by atoms with Crippen LogP contribution in [0.15, 0.2) is 18.5 Å². The van der Waals surface area contributed by atoms with Crippen molar-refractivity contribution in [2.24, 2.45) is 0 Å². The van der Waals surface area contributed by atoms with Crippen molar-refractivity contribution in [3.05, 3.63) is 29.0 Å². The summed E-state index contributed by atoms with van der Waals surface area (Å²) in [6.07, 6.45) is 7.56. The fraction of sp³-hybridized carbons (Fsp3) is 0.615. The molecule has 1 aliphatic carbocycles. The molecular formula is C13H19ClN2O. The van der Waals surface area contributed by atoms with Crippen LogP contribution in [0.2, 0.25) is 5.02 Å². The van der Waals surface area contributed by atoms with E-state index in [4.69, 9.17) is 11.6 Å². The average molecular weight is 255 g/mol. The van der Waals surface area contributed by atoms with Crippen molar-refractivity contribution in [3.63, 3.8) is 0 Å². The first kappa shape index (κ1) is 12.8. The van der Waals surface area contributed by atoms with Crippen LogP contribution in [-0.2, 0) is 6.54 Å². The number of aliphatic hydroxyl groups excluding tert-OH is 1. The highest BCUT2D eigenvalue weighted by atomic mass is 35.5. The number of rotatable bonds is 3. The molecule has 4 heteroatoms. The first-order valence-corrected chi connectivity index (χ1v) is 6.53. The molecule has 0 bridgehead atoms. The minimum absolute atomic E-state index is 0.200. The molecule has 1 N–H and O–H groups in total. The molecule has 0 amide bonds. The van der Waals surface area contributed by atoms with Crippen molar-refractivity contribution < 1.29 is 5.11 Å². The highest BCUT2D eigenvalue weighted by Crippen LogP contribution is 2.24. The molecule has 0 radical (unpaired) electrons. The summed E-state index contributed by atoms with van der Waals surface area (Å²) in [5, 5.41) is 10.7. The molecule has 0 saturated heterocycles. The van der Waals surface area contributed by atoms with Crippen molar-refractivity contribution in [2.45, 2.75) is 44.4 Å². The van der Waals surface area contributed by atoms with Crippen LogP contribution in [0, 0.1) is 0 Å². The molecule has 1 heterocycles. The Hall–Kier alpha value is -0.640. The predicted molar refractivity (Wildman–Crippen MR) is 69.0 cm³/mol. The zero-order valence-electron chi connectivity index (χ0n) is 10.1. The lowest BCUT2D eigenvalue weighted by molar-refractivity contribution is 0.0288. The molecular weight excluding hydrogens is 236 g/mol. The van der Waals surface area contributed by atoms with E-state index in [2.05, 4.69) is 16.9 Å². The standard InChI is InChI=1S/C13H19ClN2O/c1-16(12-4-2-3-5-13(12)17)9-10-6-7-15-8-11(10)14/h6-8,12-13,17H,2-5,9H2,1H3. The number of aliphatic hydroxyl groups is 1. The largest absolute Gasteiger partial charge is 0.391 e. The maximum Gasteiger partial charge on any atom is 0.0695 e. The van der Waals surface area contributed by atoms with Gasteiger partial charge in [-0.15, -0.1) is 0 Å². The zero-order chi connectivity index (χ0) is 12.3. The van der Waals surface area contributed by atoms with Gasteiger partial charge >= 0.3 is 0 Å². The molecule has 1 aromatic heterocycles. The Morgan fingerprint density at radius 2 is 2.24 bits per heavy atom. The van der Waals surface area contributed by atoms with E-state index < -0.39 is 0 Å². The summed E-state index contributed by atoms with van der Waals surface area (Å²) in [7, 11) is 2.05. The summed E-state index contributed by atoms with van der Waals surface area (Å²) in [4.78, 5) is 6.18. The van der Waals surface area contributed by atoms with Gasteiger partial charge in [-0.3, -0.25) is 9.88 Å². The van der Waals surface area contributed by atoms with Crippen LogP contribution in [0.5, 0.6) is 0 Å². The summed E-state index contributed by atoms with van der Waals surface area (Å²) >= 11 is 6.09. The lowest BCUT2D eigenvalue weighted by Crippen LogP contribution is -2.42. The van der Waals surface area contributed by atoms with E-state index in [-0.39, 0.29) is 12.1 Å². The zero-order valence-corrected chi connectivity index (χ0v) is 10.9. The first-order chi connectivity index (χ1) is 8.18. The molecule has 17 heavy (non-hydrogen) atoms. The Kier molecular flexibility index (Phi) is 4.37. The number of likely N-dealkylation sites (N-methyl/N-ethyl adjacent to an activating group) is 1. The van der Waals surface area contributed by atoms with Gasteiger partial charge in [0.15, 0.2) is 0 Å². The number of pyridine rings is 1. The second-order valence-corrected chi connectivity index (χ2v) is 5.21. The Bertz CT molecular complexity index is 372. The highest BCUT2D eigenvalue weighted by molar-refractivity contribution is 6.31. The third-order valence-electron chi connectivity index (χ3n) is 3.54. The predicted octanol–water partition coefficient (Wildman–Crippen LogP) is 2.47. The van der Waals surface area contributed by atoms with Gasteiger partial charge in [-0.2, -0.15) is 0 Å². The SMILES string of the molecule is CN(Cc1ccncc1Cl)C1CCCCC1O. The number of halogens is 1. The number of aromatic nitrogens is 1. The van der Waals surface area contributed by atoms with Crippen LogP contribution in [-0.4, -0.2) is 34.2 Å². The molecule has 2 atom stereocenters. The minimum atomic E-state index is -0.200. The molecule has 1 aliphatic rings. The molecule has 1 fully saturated rings. The average Bonchev–Trinajstić information content (AvgIpc) is 2.32. The van der Waals surface area contributed by atoms with E-state index in [1.54, 1.807) is 12.4 Å². The lowest BCUT2D eigenvalue weighted by atomic mass is 9.91. The van der Waals surface area contributed by atoms with E-state index in [1.165, 1.54) is 6.42 Å². The summed E-state index contributed by atoms with van der Waals surface area (Å²) in [5.41, 5.74) is 1.07. The quantitative estimate of drug-likeness (QED) is 0.900. The van der Waals surface area contributed by atoms with Crippen LogP contribution in [0.25, 0.3) is 0 Å². The van der Waals surface area contributed by atoms with Crippen LogP contribution in [0.3, 0.4) is 0 Å².